The van der Waals surface area contributed by atoms with Crippen LogP contribution in [-0.4, -0.2) is 55.1 Å². The summed E-state index contributed by atoms with van der Waals surface area (Å²) < 4.78 is 0. The fourth-order valence-electron chi connectivity index (χ4n) is 2.56. The standard InChI is InChI=1S/C11H23N3/c1-13(10-4-5-10)9-11-3-2-7-14(11)8-6-12/h10-11H,2-9,12H2,1H3/t11-/m1/s1. The SMILES string of the molecule is CN(C[C@H]1CCCN1CCN)C1CC1. The second-order valence-electron chi connectivity index (χ2n) is 4.79. The molecule has 2 N–H and O–H groups in total. The van der Waals surface area contributed by atoms with Gasteiger partial charge in [-0.1, -0.05) is 0 Å². The van der Waals surface area contributed by atoms with Crippen LogP contribution in [0.1, 0.15) is 25.7 Å². The molecule has 0 amide bonds. The topological polar surface area (TPSA) is 32.5 Å². The summed E-state index contributed by atoms with van der Waals surface area (Å²) in [6.07, 6.45) is 5.57. The number of hydrogen-bond donors (Lipinski definition) is 1. The molecule has 1 saturated heterocycles. The van der Waals surface area contributed by atoms with Gasteiger partial charge in [0.15, 0.2) is 0 Å². The van der Waals surface area contributed by atoms with Crippen molar-refractivity contribution < 1.29 is 0 Å². The molecule has 3 nitrogen and oxygen atoms in total. The van der Waals surface area contributed by atoms with Gasteiger partial charge in [0.2, 0.25) is 0 Å². The molecule has 0 spiro atoms. The molecule has 14 heavy (non-hydrogen) atoms. The first-order chi connectivity index (χ1) is 6.81. The van der Waals surface area contributed by atoms with Crippen LogP contribution in [0.4, 0.5) is 0 Å². The van der Waals surface area contributed by atoms with Gasteiger partial charge < -0.3 is 10.6 Å². The lowest BCUT2D eigenvalue weighted by Crippen LogP contribution is -2.41. The van der Waals surface area contributed by atoms with E-state index in [0.29, 0.717) is 0 Å². The van der Waals surface area contributed by atoms with Crippen molar-refractivity contribution in [2.75, 3.05) is 33.2 Å². The molecule has 82 valence electrons. The van der Waals surface area contributed by atoms with E-state index in [1.54, 1.807) is 0 Å². The first-order valence-corrected chi connectivity index (χ1v) is 5.95. The minimum absolute atomic E-state index is 0.782. The second-order valence-corrected chi connectivity index (χ2v) is 4.79. The van der Waals surface area contributed by atoms with Crippen molar-refractivity contribution in [3.8, 4) is 0 Å². The third kappa shape index (κ3) is 2.47. The Bertz CT molecular complexity index is 179. The largest absolute Gasteiger partial charge is 0.329 e. The summed E-state index contributed by atoms with van der Waals surface area (Å²) in [7, 11) is 2.27. The smallest absolute Gasteiger partial charge is 0.0224 e. The number of nitrogens with two attached hydrogens (primary N) is 1. The Kier molecular flexibility index (Phi) is 3.42. The number of likely N-dealkylation sites (tertiary alicyclic amines) is 1. The van der Waals surface area contributed by atoms with Crippen LogP contribution in [0.25, 0.3) is 0 Å². The summed E-state index contributed by atoms with van der Waals surface area (Å²) in [4.78, 5) is 5.11. The molecule has 2 rings (SSSR count). The third-order valence-corrected chi connectivity index (χ3v) is 3.58. The highest BCUT2D eigenvalue weighted by Gasteiger charge is 2.31. The Labute approximate surface area is 87.2 Å². The summed E-state index contributed by atoms with van der Waals surface area (Å²) in [5, 5.41) is 0. The zero-order valence-corrected chi connectivity index (χ0v) is 9.28. The molecule has 2 aliphatic rings. The monoisotopic (exact) mass is 197 g/mol. The Hall–Kier alpha value is -0.120. The molecule has 0 aromatic carbocycles. The normalized spacial score (nSPS) is 28.9. The minimum Gasteiger partial charge on any atom is -0.329 e. The first-order valence-electron chi connectivity index (χ1n) is 5.95. The molecular formula is C11H23N3. The molecule has 1 atom stereocenters. The van der Waals surface area contributed by atoms with Gasteiger partial charge in [-0.2, -0.15) is 0 Å². The Morgan fingerprint density at radius 2 is 2.14 bits per heavy atom. The fourth-order valence-corrected chi connectivity index (χ4v) is 2.56. The average molecular weight is 197 g/mol. The predicted molar refractivity (Wildman–Crippen MR) is 59.3 cm³/mol. The molecule has 1 heterocycles. The van der Waals surface area contributed by atoms with Crippen LogP contribution in [0, 0.1) is 0 Å². The van der Waals surface area contributed by atoms with E-state index >= 15 is 0 Å². The van der Waals surface area contributed by atoms with Crippen LogP contribution in [0.3, 0.4) is 0 Å². The predicted octanol–water partition coefficient (Wildman–Crippen LogP) is 0.504. The Morgan fingerprint density at radius 3 is 2.79 bits per heavy atom. The Morgan fingerprint density at radius 1 is 1.36 bits per heavy atom. The van der Waals surface area contributed by atoms with Gasteiger partial charge in [-0.25, -0.2) is 0 Å². The molecule has 0 radical (unpaired) electrons. The van der Waals surface area contributed by atoms with Crippen molar-refractivity contribution in [3.05, 3.63) is 0 Å². The number of hydrogen-bond acceptors (Lipinski definition) is 3. The summed E-state index contributed by atoms with van der Waals surface area (Å²) in [5.41, 5.74) is 5.62. The average Bonchev–Trinajstić information content (AvgIpc) is 2.93. The minimum atomic E-state index is 0.782. The van der Waals surface area contributed by atoms with E-state index in [9.17, 15) is 0 Å². The number of rotatable bonds is 5. The quantitative estimate of drug-likeness (QED) is 0.697. The van der Waals surface area contributed by atoms with Crippen LogP contribution in [-0.2, 0) is 0 Å². The highest BCUT2D eigenvalue weighted by molar-refractivity contribution is 4.88. The Balaban J connectivity index is 1.77. The molecule has 0 aromatic heterocycles. The van der Waals surface area contributed by atoms with Gasteiger partial charge in [0, 0.05) is 31.7 Å². The van der Waals surface area contributed by atoms with Crippen molar-refractivity contribution in [1.82, 2.24) is 9.80 Å². The summed E-state index contributed by atoms with van der Waals surface area (Å²) in [5.74, 6) is 0. The van der Waals surface area contributed by atoms with E-state index in [2.05, 4.69) is 16.8 Å². The fraction of sp³-hybridized carbons (Fsp3) is 1.00. The third-order valence-electron chi connectivity index (χ3n) is 3.58. The van der Waals surface area contributed by atoms with Crippen LogP contribution < -0.4 is 5.73 Å². The lowest BCUT2D eigenvalue weighted by atomic mass is 10.2. The van der Waals surface area contributed by atoms with Crippen LogP contribution in [0.15, 0.2) is 0 Å². The molecule has 1 aliphatic carbocycles. The second kappa shape index (κ2) is 4.60. The van der Waals surface area contributed by atoms with Crippen molar-refractivity contribution in [3.63, 3.8) is 0 Å². The van der Waals surface area contributed by atoms with Crippen LogP contribution in [0.5, 0.6) is 0 Å². The van der Waals surface area contributed by atoms with Crippen molar-refractivity contribution in [2.24, 2.45) is 5.73 Å². The molecule has 1 aliphatic heterocycles. The number of likely N-dealkylation sites (N-methyl/N-ethyl adjacent to an activating group) is 1. The van der Waals surface area contributed by atoms with Gasteiger partial charge in [-0.3, -0.25) is 4.90 Å². The zero-order valence-electron chi connectivity index (χ0n) is 9.28. The highest BCUT2D eigenvalue weighted by atomic mass is 15.2. The maximum atomic E-state index is 5.62. The van der Waals surface area contributed by atoms with E-state index in [1.165, 1.54) is 38.8 Å². The molecule has 3 heteroatoms. The molecule has 2 fully saturated rings. The summed E-state index contributed by atoms with van der Waals surface area (Å²) in [6.45, 7) is 4.41. The molecule has 0 bridgehead atoms. The molecular weight excluding hydrogens is 174 g/mol. The lowest BCUT2D eigenvalue weighted by molar-refractivity contribution is 0.191. The van der Waals surface area contributed by atoms with Gasteiger partial charge in [-0.15, -0.1) is 0 Å². The van der Waals surface area contributed by atoms with E-state index in [1.807, 2.05) is 0 Å². The number of nitrogens with zero attached hydrogens (tertiary/aromatic N) is 2. The maximum Gasteiger partial charge on any atom is 0.0224 e. The van der Waals surface area contributed by atoms with E-state index in [0.717, 1.165) is 25.2 Å². The van der Waals surface area contributed by atoms with E-state index < -0.39 is 0 Å². The first kappa shape index (κ1) is 10.4. The lowest BCUT2D eigenvalue weighted by Gasteiger charge is -2.28. The summed E-state index contributed by atoms with van der Waals surface area (Å²) in [6, 6.07) is 1.68. The van der Waals surface area contributed by atoms with Crippen molar-refractivity contribution in [2.45, 2.75) is 37.8 Å². The van der Waals surface area contributed by atoms with Crippen molar-refractivity contribution >= 4 is 0 Å². The molecule has 0 aromatic rings. The van der Waals surface area contributed by atoms with Crippen LogP contribution >= 0.6 is 0 Å². The van der Waals surface area contributed by atoms with Gasteiger partial charge in [0.25, 0.3) is 0 Å². The molecule has 0 unspecified atom stereocenters. The van der Waals surface area contributed by atoms with Gasteiger partial charge in [0.05, 0.1) is 0 Å². The van der Waals surface area contributed by atoms with Gasteiger partial charge in [-0.05, 0) is 39.3 Å². The molecule has 1 saturated carbocycles. The van der Waals surface area contributed by atoms with Gasteiger partial charge >= 0.3 is 0 Å². The van der Waals surface area contributed by atoms with Gasteiger partial charge in [0.1, 0.15) is 0 Å². The summed E-state index contributed by atoms with van der Waals surface area (Å²) >= 11 is 0. The van der Waals surface area contributed by atoms with Crippen LogP contribution in [0.2, 0.25) is 0 Å². The highest BCUT2D eigenvalue weighted by Crippen LogP contribution is 2.27. The maximum absolute atomic E-state index is 5.62. The zero-order chi connectivity index (χ0) is 9.97. The van der Waals surface area contributed by atoms with Crippen molar-refractivity contribution in [1.29, 1.82) is 0 Å². The van der Waals surface area contributed by atoms with E-state index in [-0.39, 0.29) is 0 Å². The van der Waals surface area contributed by atoms with E-state index in [4.69, 9.17) is 5.73 Å².